The fourth-order valence-corrected chi connectivity index (χ4v) is 4.44. The second kappa shape index (κ2) is 6.19. The Bertz CT molecular complexity index is 881. The van der Waals surface area contributed by atoms with Gasteiger partial charge in [-0.05, 0) is 36.1 Å². The number of nitrogens with one attached hydrogen (secondary N) is 1. The van der Waals surface area contributed by atoms with Crippen LogP contribution in [0.3, 0.4) is 0 Å². The van der Waals surface area contributed by atoms with Gasteiger partial charge in [0.25, 0.3) is 5.69 Å². The number of anilines is 1. The quantitative estimate of drug-likeness (QED) is 0.437. The summed E-state index contributed by atoms with van der Waals surface area (Å²) in [7, 11) is 1.59. The topological polar surface area (TPSA) is 64.4 Å². The van der Waals surface area contributed by atoms with E-state index >= 15 is 0 Å². The first-order valence-electron chi connectivity index (χ1n) is 8.14. The number of methoxy groups -OCH3 is 1. The van der Waals surface area contributed by atoms with E-state index in [0.717, 1.165) is 27.7 Å². The lowest BCUT2D eigenvalue weighted by Gasteiger charge is -2.37. The van der Waals surface area contributed by atoms with Crippen LogP contribution in [-0.2, 0) is 0 Å². The minimum atomic E-state index is -0.303. The number of nitrogens with zero attached hydrogens (tertiary/aromatic N) is 1. The fraction of sp³-hybridized carbons (Fsp3) is 0.263. The van der Waals surface area contributed by atoms with Crippen LogP contribution in [0, 0.1) is 16.0 Å². The predicted molar refractivity (Wildman–Crippen MR) is 100 cm³/mol. The third kappa shape index (κ3) is 2.61. The number of nitro groups is 1. The Hall–Kier alpha value is -2.34. The van der Waals surface area contributed by atoms with Gasteiger partial charge in [-0.3, -0.25) is 10.1 Å². The molecule has 4 rings (SSSR count). The highest BCUT2D eigenvalue weighted by Crippen LogP contribution is 2.54. The van der Waals surface area contributed by atoms with Gasteiger partial charge in [-0.15, -0.1) is 0 Å². The number of fused-ring (bicyclic) bond motifs is 3. The van der Waals surface area contributed by atoms with Gasteiger partial charge in [0.05, 0.1) is 29.3 Å². The molecule has 2 aromatic carbocycles. The van der Waals surface area contributed by atoms with Crippen molar-refractivity contribution in [1.82, 2.24) is 0 Å². The summed E-state index contributed by atoms with van der Waals surface area (Å²) >= 11 is 3.53. The van der Waals surface area contributed by atoms with Crippen molar-refractivity contribution in [1.29, 1.82) is 0 Å². The summed E-state index contributed by atoms with van der Waals surface area (Å²) in [6, 6.07) is 11.5. The first-order chi connectivity index (χ1) is 12.1. The highest BCUT2D eigenvalue weighted by molar-refractivity contribution is 9.10. The molecule has 0 bridgehead atoms. The van der Waals surface area contributed by atoms with E-state index in [4.69, 9.17) is 4.74 Å². The van der Waals surface area contributed by atoms with Gasteiger partial charge >= 0.3 is 0 Å². The number of rotatable bonds is 3. The lowest BCUT2D eigenvalue weighted by molar-refractivity contribution is -0.385. The number of ether oxygens (including phenoxy) is 1. The molecule has 2 aromatic rings. The molecule has 1 N–H and O–H groups in total. The van der Waals surface area contributed by atoms with Crippen molar-refractivity contribution in [2.45, 2.75) is 18.4 Å². The van der Waals surface area contributed by atoms with Crippen LogP contribution >= 0.6 is 15.9 Å². The van der Waals surface area contributed by atoms with E-state index in [9.17, 15) is 10.1 Å². The summed E-state index contributed by atoms with van der Waals surface area (Å²) in [4.78, 5) is 11.3. The molecule has 0 saturated heterocycles. The van der Waals surface area contributed by atoms with Gasteiger partial charge in [0.2, 0.25) is 0 Å². The zero-order valence-electron chi connectivity index (χ0n) is 13.6. The zero-order chi connectivity index (χ0) is 17.6. The molecule has 6 heteroatoms. The molecule has 0 radical (unpaired) electrons. The van der Waals surface area contributed by atoms with Gasteiger partial charge in [0.15, 0.2) is 0 Å². The minimum absolute atomic E-state index is 0.00994. The van der Waals surface area contributed by atoms with E-state index in [1.807, 2.05) is 12.1 Å². The Kier molecular flexibility index (Phi) is 4.00. The highest BCUT2D eigenvalue weighted by atomic mass is 79.9. The number of hydrogen-bond acceptors (Lipinski definition) is 4. The Labute approximate surface area is 154 Å². The van der Waals surface area contributed by atoms with Crippen molar-refractivity contribution < 1.29 is 9.66 Å². The number of hydrogen-bond donors (Lipinski definition) is 1. The lowest BCUT2D eigenvalue weighted by Crippen LogP contribution is -2.30. The second-order valence-corrected chi connectivity index (χ2v) is 7.28. The summed E-state index contributed by atoms with van der Waals surface area (Å²) in [5.41, 5.74) is 2.77. The molecule has 0 aromatic heterocycles. The third-order valence-electron chi connectivity index (χ3n) is 5.08. The molecule has 1 heterocycles. The van der Waals surface area contributed by atoms with E-state index in [1.165, 1.54) is 0 Å². The van der Waals surface area contributed by atoms with Crippen molar-refractivity contribution in [3.05, 3.63) is 74.3 Å². The molecular formula is C19H17BrN2O3. The van der Waals surface area contributed by atoms with E-state index in [-0.39, 0.29) is 28.5 Å². The maximum Gasteiger partial charge on any atom is 0.275 e. The first-order valence-corrected chi connectivity index (χ1v) is 8.93. The fourth-order valence-electron chi connectivity index (χ4n) is 4.02. The molecule has 0 saturated carbocycles. The van der Waals surface area contributed by atoms with Crippen LogP contribution in [0.2, 0.25) is 0 Å². The van der Waals surface area contributed by atoms with Crippen LogP contribution in [0.25, 0.3) is 0 Å². The summed E-state index contributed by atoms with van der Waals surface area (Å²) in [5.74, 6) is 0.891. The van der Waals surface area contributed by atoms with Gasteiger partial charge in [0, 0.05) is 16.5 Å². The Balaban J connectivity index is 1.89. The van der Waals surface area contributed by atoms with Gasteiger partial charge < -0.3 is 10.1 Å². The van der Waals surface area contributed by atoms with Crippen molar-refractivity contribution >= 4 is 27.3 Å². The molecule has 0 fully saturated rings. The molecular weight excluding hydrogens is 384 g/mol. The molecule has 25 heavy (non-hydrogen) atoms. The molecule has 1 aliphatic heterocycles. The van der Waals surface area contributed by atoms with Crippen molar-refractivity contribution in [2.75, 3.05) is 12.4 Å². The maximum atomic E-state index is 11.6. The van der Waals surface area contributed by atoms with Crippen molar-refractivity contribution in [2.24, 2.45) is 5.92 Å². The zero-order valence-corrected chi connectivity index (χ0v) is 15.2. The maximum absolute atomic E-state index is 11.6. The molecule has 5 nitrogen and oxygen atoms in total. The van der Waals surface area contributed by atoms with Crippen LogP contribution < -0.4 is 10.1 Å². The first kappa shape index (κ1) is 16.1. The number of allylic oxidation sites excluding steroid dienone is 2. The van der Waals surface area contributed by atoms with Crippen LogP contribution in [0.15, 0.2) is 53.0 Å². The average Bonchev–Trinajstić information content (AvgIpc) is 3.09. The monoisotopic (exact) mass is 400 g/mol. The summed E-state index contributed by atoms with van der Waals surface area (Å²) in [6.07, 6.45) is 5.12. The number of nitro benzene ring substituents is 1. The van der Waals surface area contributed by atoms with Crippen LogP contribution in [0.1, 0.15) is 29.5 Å². The summed E-state index contributed by atoms with van der Waals surface area (Å²) in [5, 5.41) is 15.1. The molecule has 0 unspecified atom stereocenters. The Morgan fingerprint density at radius 3 is 2.88 bits per heavy atom. The normalized spacial score (nSPS) is 23.5. The van der Waals surface area contributed by atoms with Gasteiger partial charge in [0.1, 0.15) is 5.75 Å². The summed E-state index contributed by atoms with van der Waals surface area (Å²) < 4.78 is 6.50. The second-order valence-electron chi connectivity index (χ2n) is 6.36. The number of halogens is 1. The third-order valence-corrected chi connectivity index (χ3v) is 5.58. The lowest BCUT2D eigenvalue weighted by atomic mass is 9.76. The van der Waals surface area contributed by atoms with Crippen LogP contribution in [0.4, 0.5) is 11.4 Å². The molecule has 1 aliphatic carbocycles. The number of benzene rings is 2. The molecule has 3 atom stereocenters. The Morgan fingerprint density at radius 1 is 1.32 bits per heavy atom. The molecule has 128 valence electrons. The van der Waals surface area contributed by atoms with Crippen LogP contribution in [-0.4, -0.2) is 12.0 Å². The van der Waals surface area contributed by atoms with E-state index in [0.29, 0.717) is 5.75 Å². The van der Waals surface area contributed by atoms with E-state index in [1.54, 1.807) is 19.2 Å². The average molecular weight is 401 g/mol. The van der Waals surface area contributed by atoms with Crippen LogP contribution in [0.5, 0.6) is 5.75 Å². The predicted octanol–water partition coefficient (Wildman–Crippen LogP) is 5.19. The largest absolute Gasteiger partial charge is 0.495 e. The minimum Gasteiger partial charge on any atom is -0.495 e. The van der Waals surface area contributed by atoms with Gasteiger partial charge in [-0.2, -0.15) is 0 Å². The molecule has 0 amide bonds. The Morgan fingerprint density at radius 2 is 2.16 bits per heavy atom. The van der Waals surface area contributed by atoms with Gasteiger partial charge in [-0.25, -0.2) is 0 Å². The molecule has 0 spiro atoms. The highest BCUT2D eigenvalue weighted by Gasteiger charge is 2.42. The van der Waals surface area contributed by atoms with Gasteiger partial charge in [-0.1, -0.05) is 40.2 Å². The molecule has 2 aliphatic rings. The smallest absolute Gasteiger partial charge is 0.275 e. The summed E-state index contributed by atoms with van der Waals surface area (Å²) in [6.45, 7) is 0. The SMILES string of the molecule is COc1ccc([N+](=O)[O-])c2c1N[C@H](c1cccc(Br)c1)[C@H]1CC=C[C@H]21. The van der Waals surface area contributed by atoms with E-state index < -0.39 is 0 Å². The van der Waals surface area contributed by atoms with Crippen molar-refractivity contribution in [3.63, 3.8) is 0 Å². The van der Waals surface area contributed by atoms with E-state index in [2.05, 4.69) is 45.5 Å². The standard InChI is InChI=1S/C19H17BrN2O3/c1-25-16-9-8-15(22(23)24)17-13-6-3-7-14(13)18(21-19(16)17)11-4-2-5-12(20)10-11/h2-6,8-10,13-14,18,21H,7H2,1H3/t13-,14-,18+/m0/s1. The van der Waals surface area contributed by atoms with Crippen molar-refractivity contribution in [3.8, 4) is 5.75 Å².